The highest BCUT2D eigenvalue weighted by atomic mass is 35.5. The topological polar surface area (TPSA) is 64.9 Å². The summed E-state index contributed by atoms with van der Waals surface area (Å²) in [6.45, 7) is 0. The van der Waals surface area contributed by atoms with Crippen molar-refractivity contribution in [3.05, 3.63) is 40.5 Å². The number of rotatable bonds is 1. The molecule has 1 aromatic carbocycles. The molecule has 0 saturated carbocycles. The van der Waals surface area contributed by atoms with Crippen LogP contribution in [0.3, 0.4) is 0 Å². The number of nitrogen functional groups attached to an aromatic ring is 2. The van der Waals surface area contributed by atoms with Crippen molar-refractivity contribution in [2.45, 2.75) is 0 Å². The monoisotopic (exact) mass is 253 g/mol. The Labute approximate surface area is 103 Å². The van der Waals surface area contributed by atoms with Crippen LogP contribution in [0.4, 0.5) is 11.5 Å². The highest BCUT2D eigenvalue weighted by Crippen LogP contribution is 2.37. The van der Waals surface area contributed by atoms with E-state index < -0.39 is 0 Å². The molecule has 0 aliphatic heterocycles. The lowest BCUT2D eigenvalue weighted by Gasteiger charge is -2.09. The van der Waals surface area contributed by atoms with Gasteiger partial charge >= 0.3 is 0 Å². The number of hydrogen-bond donors (Lipinski definition) is 2. The number of nitrogens with two attached hydrogens (primary N) is 2. The van der Waals surface area contributed by atoms with Crippen LogP contribution in [0.1, 0.15) is 0 Å². The summed E-state index contributed by atoms with van der Waals surface area (Å²) in [6.07, 6.45) is 1.58. The van der Waals surface area contributed by atoms with Crippen LogP contribution in [-0.2, 0) is 0 Å². The van der Waals surface area contributed by atoms with E-state index in [1.165, 1.54) is 0 Å². The molecule has 0 fully saturated rings. The molecule has 2 rings (SSSR count). The van der Waals surface area contributed by atoms with Crippen molar-refractivity contribution >= 4 is 34.7 Å². The minimum absolute atomic E-state index is 0.286. The van der Waals surface area contributed by atoms with Gasteiger partial charge in [-0.25, -0.2) is 4.98 Å². The maximum atomic E-state index is 6.10. The minimum Gasteiger partial charge on any atom is -0.395 e. The van der Waals surface area contributed by atoms with E-state index in [1.54, 1.807) is 24.4 Å². The van der Waals surface area contributed by atoms with Crippen molar-refractivity contribution in [1.29, 1.82) is 0 Å². The first-order chi connectivity index (χ1) is 7.61. The van der Waals surface area contributed by atoms with Crippen molar-refractivity contribution in [3.63, 3.8) is 0 Å². The molecule has 1 heterocycles. The summed E-state index contributed by atoms with van der Waals surface area (Å²) < 4.78 is 0. The lowest BCUT2D eigenvalue weighted by Crippen LogP contribution is -1.99. The molecule has 1 aromatic heterocycles. The van der Waals surface area contributed by atoms with Crippen molar-refractivity contribution in [2.24, 2.45) is 0 Å². The van der Waals surface area contributed by atoms with Crippen LogP contribution in [0.25, 0.3) is 11.1 Å². The Bertz CT molecular complexity index is 491. The molecule has 4 N–H and O–H groups in total. The van der Waals surface area contributed by atoms with Crippen molar-refractivity contribution in [2.75, 3.05) is 11.5 Å². The molecule has 0 aliphatic rings. The number of halogens is 2. The van der Waals surface area contributed by atoms with E-state index in [2.05, 4.69) is 4.98 Å². The zero-order valence-electron chi connectivity index (χ0n) is 8.24. The van der Waals surface area contributed by atoms with Gasteiger partial charge in [-0.3, -0.25) is 0 Å². The van der Waals surface area contributed by atoms with Gasteiger partial charge in [0.05, 0.1) is 15.7 Å². The molecule has 16 heavy (non-hydrogen) atoms. The number of pyridine rings is 1. The number of benzene rings is 1. The molecule has 3 nitrogen and oxygen atoms in total. The molecule has 0 atom stereocenters. The summed E-state index contributed by atoms with van der Waals surface area (Å²) in [5.41, 5.74) is 13.4. The highest BCUT2D eigenvalue weighted by Gasteiger charge is 2.11. The van der Waals surface area contributed by atoms with Gasteiger partial charge in [0.25, 0.3) is 0 Å². The van der Waals surface area contributed by atoms with Gasteiger partial charge in [-0.1, -0.05) is 35.3 Å². The third-order valence-electron chi connectivity index (χ3n) is 2.26. The molecular formula is C11H9Cl2N3. The summed E-state index contributed by atoms with van der Waals surface area (Å²) >= 11 is 12.0. The number of hydrogen-bond acceptors (Lipinski definition) is 3. The maximum absolute atomic E-state index is 6.10. The van der Waals surface area contributed by atoms with Crippen LogP contribution in [0.2, 0.25) is 10.0 Å². The smallest absolute Gasteiger partial charge is 0.147 e. The number of aromatic nitrogens is 1. The molecule has 0 unspecified atom stereocenters. The molecular weight excluding hydrogens is 245 g/mol. The van der Waals surface area contributed by atoms with E-state index in [4.69, 9.17) is 34.7 Å². The average molecular weight is 254 g/mol. The van der Waals surface area contributed by atoms with Gasteiger partial charge in [-0.2, -0.15) is 0 Å². The van der Waals surface area contributed by atoms with Crippen LogP contribution >= 0.6 is 23.2 Å². The van der Waals surface area contributed by atoms with Gasteiger partial charge in [0.2, 0.25) is 0 Å². The second kappa shape index (κ2) is 4.20. The summed E-state index contributed by atoms with van der Waals surface area (Å²) in [7, 11) is 0. The Hall–Kier alpha value is -1.45. The Morgan fingerprint density at radius 3 is 2.50 bits per heavy atom. The van der Waals surface area contributed by atoms with Gasteiger partial charge in [0.1, 0.15) is 5.82 Å². The van der Waals surface area contributed by atoms with Crippen LogP contribution in [-0.4, -0.2) is 4.98 Å². The molecule has 2 aromatic rings. The van der Waals surface area contributed by atoms with Gasteiger partial charge in [0.15, 0.2) is 0 Å². The molecule has 0 amide bonds. The largest absolute Gasteiger partial charge is 0.395 e. The van der Waals surface area contributed by atoms with E-state index in [-0.39, 0.29) is 5.82 Å². The lowest BCUT2D eigenvalue weighted by molar-refractivity contribution is 1.34. The van der Waals surface area contributed by atoms with Gasteiger partial charge in [-0.15, -0.1) is 0 Å². The Kier molecular flexibility index (Phi) is 2.90. The molecule has 82 valence electrons. The van der Waals surface area contributed by atoms with Crippen LogP contribution < -0.4 is 11.5 Å². The van der Waals surface area contributed by atoms with Gasteiger partial charge < -0.3 is 11.5 Å². The van der Waals surface area contributed by atoms with Gasteiger partial charge in [0, 0.05) is 17.3 Å². The predicted octanol–water partition coefficient (Wildman–Crippen LogP) is 3.22. The average Bonchev–Trinajstić information content (AvgIpc) is 2.27. The first kappa shape index (κ1) is 11.0. The summed E-state index contributed by atoms with van der Waals surface area (Å²) in [6, 6.07) is 7.11. The second-order valence-corrected chi connectivity index (χ2v) is 4.04. The predicted molar refractivity (Wildman–Crippen MR) is 68.5 cm³/mol. The van der Waals surface area contributed by atoms with Crippen LogP contribution in [0.15, 0.2) is 30.5 Å². The van der Waals surface area contributed by atoms with E-state index in [0.717, 1.165) is 11.1 Å². The minimum atomic E-state index is 0.286. The standard InChI is InChI=1S/C11H9Cl2N3/c12-8-3-1-2-6(9(8)13)7-4-5-16-11(15)10(7)14/h1-5H,14H2,(H2,15,16). The fraction of sp³-hybridized carbons (Fsp3) is 0. The maximum Gasteiger partial charge on any atom is 0.147 e. The quantitative estimate of drug-likeness (QED) is 0.821. The van der Waals surface area contributed by atoms with Gasteiger partial charge in [-0.05, 0) is 12.1 Å². The SMILES string of the molecule is Nc1nccc(-c2cccc(Cl)c2Cl)c1N. The number of nitrogens with zero attached hydrogens (tertiary/aromatic N) is 1. The van der Waals surface area contributed by atoms with E-state index >= 15 is 0 Å². The van der Waals surface area contributed by atoms with E-state index in [9.17, 15) is 0 Å². The fourth-order valence-electron chi connectivity index (χ4n) is 1.44. The number of anilines is 2. The molecule has 0 aliphatic carbocycles. The summed E-state index contributed by atoms with van der Waals surface area (Å²) in [5, 5.41) is 0.940. The Morgan fingerprint density at radius 1 is 1.00 bits per heavy atom. The zero-order chi connectivity index (χ0) is 11.7. The van der Waals surface area contributed by atoms with Crippen molar-refractivity contribution in [1.82, 2.24) is 4.98 Å². The fourth-order valence-corrected chi connectivity index (χ4v) is 1.84. The Balaban J connectivity index is 2.68. The molecule has 5 heteroatoms. The molecule has 0 saturated heterocycles. The third kappa shape index (κ3) is 1.79. The zero-order valence-corrected chi connectivity index (χ0v) is 9.76. The molecule has 0 spiro atoms. The van der Waals surface area contributed by atoms with Crippen LogP contribution in [0.5, 0.6) is 0 Å². The normalized spacial score (nSPS) is 10.4. The van der Waals surface area contributed by atoms with E-state index in [0.29, 0.717) is 15.7 Å². The molecule has 0 bridgehead atoms. The third-order valence-corrected chi connectivity index (χ3v) is 3.08. The first-order valence-corrected chi connectivity index (χ1v) is 5.31. The Morgan fingerprint density at radius 2 is 1.75 bits per heavy atom. The van der Waals surface area contributed by atoms with Crippen molar-refractivity contribution < 1.29 is 0 Å². The highest BCUT2D eigenvalue weighted by molar-refractivity contribution is 6.43. The summed E-state index contributed by atoms with van der Waals surface area (Å²) in [5.74, 6) is 0.286. The first-order valence-electron chi connectivity index (χ1n) is 4.55. The van der Waals surface area contributed by atoms with E-state index in [1.807, 2.05) is 6.07 Å². The van der Waals surface area contributed by atoms with Crippen LogP contribution in [0, 0.1) is 0 Å². The second-order valence-electron chi connectivity index (χ2n) is 3.26. The lowest BCUT2D eigenvalue weighted by atomic mass is 10.1. The summed E-state index contributed by atoms with van der Waals surface area (Å²) in [4.78, 5) is 3.89. The van der Waals surface area contributed by atoms with Crippen molar-refractivity contribution in [3.8, 4) is 11.1 Å². The molecule has 0 radical (unpaired) electrons.